The van der Waals surface area contributed by atoms with Crippen LogP contribution in [0.15, 0.2) is 77.9 Å². The van der Waals surface area contributed by atoms with Gasteiger partial charge in [-0.15, -0.1) is 0 Å². The summed E-state index contributed by atoms with van der Waals surface area (Å²) in [4.78, 5) is 36.0. The molecule has 0 fully saturated rings. The van der Waals surface area contributed by atoms with E-state index in [1.165, 1.54) is 13.3 Å². The second kappa shape index (κ2) is 11.8. The highest BCUT2D eigenvalue weighted by Gasteiger charge is 2.14. The summed E-state index contributed by atoms with van der Waals surface area (Å²) in [7, 11) is 1.46. The molecule has 0 saturated carbocycles. The summed E-state index contributed by atoms with van der Waals surface area (Å²) in [6.07, 6.45) is 1.38. The third-order valence-electron chi connectivity index (χ3n) is 4.49. The Labute approximate surface area is 196 Å². The number of nitrogens with one attached hydrogen (secondary N) is 3. The number of rotatable bonds is 8. The Morgan fingerprint density at radius 1 is 0.912 bits per heavy atom. The van der Waals surface area contributed by atoms with Gasteiger partial charge in [-0.05, 0) is 66.6 Å². The lowest BCUT2D eigenvalue weighted by molar-refractivity contribution is -0.136. The number of para-hydroxylation sites is 2. The van der Waals surface area contributed by atoms with Crippen LogP contribution in [0.4, 0.5) is 11.4 Å². The third-order valence-corrected chi connectivity index (χ3v) is 4.49. The van der Waals surface area contributed by atoms with Crippen LogP contribution in [0.5, 0.6) is 11.5 Å². The van der Waals surface area contributed by atoms with Gasteiger partial charge < -0.3 is 20.1 Å². The fraction of sp³-hybridized carbons (Fsp3) is 0.120. The Morgan fingerprint density at radius 2 is 1.68 bits per heavy atom. The molecule has 0 radical (unpaired) electrons. The SMILES string of the molecule is COc1ccccc1NC(=O)C(=O)N/N=C\c1ccc(OCC(=O)Nc2cccc(C)c2)cc1. The minimum absolute atomic E-state index is 0.140. The molecule has 0 unspecified atom stereocenters. The number of aryl methyl sites for hydroxylation is 1. The van der Waals surface area contributed by atoms with Crippen molar-refractivity contribution in [3.05, 3.63) is 83.9 Å². The minimum atomic E-state index is -0.929. The van der Waals surface area contributed by atoms with E-state index in [2.05, 4.69) is 21.2 Å². The van der Waals surface area contributed by atoms with E-state index in [1.54, 1.807) is 54.6 Å². The van der Waals surface area contributed by atoms with Crippen LogP contribution >= 0.6 is 0 Å². The molecule has 0 saturated heterocycles. The molecular formula is C25H24N4O5. The minimum Gasteiger partial charge on any atom is -0.495 e. The van der Waals surface area contributed by atoms with Crippen LogP contribution in [0.3, 0.4) is 0 Å². The van der Waals surface area contributed by atoms with Gasteiger partial charge in [0.05, 0.1) is 19.0 Å². The number of nitrogens with zero attached hydrogens (tertiary/aromatic N) is 1. The maximum absolute atomic E-state index is 12.0. The number of methoxy groups -OCH3 is 1. The maximum Gasteiger partial charge on any atom is 0.329 e. The van der Waals surface area contributed by atoms with Gasteiger partial charge in [0, 0.05) is 5.69 Å². The van der Waals surface area contributed by atoms with Crippen LogP contribution in [0.1, 0.15) is 11.1 Å². The van der Waals surface area contributed by atoms with E-state index in [1.807, 2.05) is 25.1 Å². The Kier molecular flexibility index (Phi) is 8.34. The van der Waals surface area contributed by atoms with Gasteiger partial charge in [0.1, 0.15) is 11.5 Å². The number of benzene rings is 3. The van der Waals surface area contributed by atoms with Gasteiger partial charge >= 0.3 is 11.8 Å². The first-order valence-electron chi connectivity index (χ1n) is 10.3. The highest BCUT2D eigenvalue weighted by molar-refractivity contribution is 6.39. The monoisotopic (exact) mass is 460 g/mol. The molecule has 0 bridgehead atoms. The first-order valence-corrected chi connectivity index (χ1v) is 10.3. The van der Waals surface area contributed by atoms with Crippen molar-refractivity contribution >= 4 is 35.3 Å². The summed E-state index contributed by atoms with van der Waals surface area (Å²) < 4.78 is 10.6. The first-order chi connectivity index (χ1) is 16.4. The molecule has 0 aliphatic heterocycles. The lowest BCUT2D eigenvalue weighted by Crippen LogP contribution is -2.32. The van der Waals surface area contributed by atoms with Gasteiger partial charge in [0.15, 0.2) is 6.61 Å². The van der Waals surface area contributed by atoms with Crippen LogP contribution in [0, 0.1) is 6.92 Å². The molecule has 9 nitrogen and oxygen atoms in total. The molecule has 3 aromatic carbocycles. The topological polar surface area (TPSA) is 118 Å². The number of hydrogen-bond acceptors (Lipinski definition) is 6. The third kappa shape index (κ3) is 7.20. The predicted molar refractivity (Wildman–Crippen MR) is 129 cm³/mol. The summed E-state index contributed by atoms with van der Waals surface area (Å²) in [5.41, 5.74) is 4.94. The molecule has 0 aliphatic carbocycles. The van der Waals surface area contributed by atoms with E-state index in [-0.39, 0.29) is 12.5 Å². The largest absolute Gasteiger partial charge is 0.495 e. The molecule has 0 atom stereocenters. The van der Waals surface area contributed by atoms with Crippen LogP contribution in [-0.4, -0.2) is 37.7 Å². The zero-order valence-corrected chi connectivity index (χ0v) is 18.7. The highest BCUT2D eigenvalue weighted by atomic mass is 16.5. The van der Waals surface area contributed by atoms with E-state index in [0.717, 1.165) is 5.56 Å². The summed E-state index contributed by atoms with van der Waals surface area (Å²) in [6.45, 7) is 1.80. The van der Waals surface area contributed by atoms with Crippen molar-refractivity contribution in [2.75, 3.05) is 24.4 Å². The van der Waals surface area contributed by atoms with Crippen LogP contribution < -0.4 is 25.5 Å². The summed E-state index contributed by atoms with van der Waals surface area (Å²) in [5.74, 6) is -1.15. The molecule has 0 spiro atoms. The molecule has 3 N–H and O–H groups in total. The standard InChI is InChI=1S/C25H24N4O5/c1-17-6-5-7-19(14-17)27-23(30)16-34-20-12-10-18(11-13-20)15-26-29-25(32)24(31)28-21-8-3-4-9-22(21)33-2/h3-15H,16H2,1-2H3,(H,27,30)(H,28,31)(H,29,32)/b26-15-. The first kappa shape index (κ1) is 24.0. The van der Waals surface area contributed by atoms with E-state index >= 15 is 0 Å². The normalized spacial score (nSPS) is 10.4. The van der Waals surface area contributed by atoms with Gasteiger partial charge in [-0.2, -0.15) is 5.10 Å². The van der Waals surface area contributed by atoms with Gasteiger partial charge in [-0.1, -0.05) is 24.3 Å². The summed E-state index contributed by atoms with van der Waals surface area (Å²) >= 11 is 0. The predicted octanol–water partition coefficient (Wildman–Crippen LogP) is 3.11. The molecule has 174 valence electrons. The van der Waals surface area contributed by atoms with Crippen molar-refractivity contribution in [1.82, 2.24) is 5.43 Å². The number of amides is 3. The van der Waals surface area contributed by atoms with Crippen molar-refractivity contribution in [2.45, 2.75) is 6.92 Å². The van der Waals surface area contributed by atoms with Gasteiger partial charge in [0.2, 0.25) is 0 Å². The van der Waals surface area contributed by atoms with Crippen molar-refractivity contribution in [1.29, 1.82) is 0 Å². The zero-order valence-electron chi connectivity index (χ0n) is 18.7. The zero-order chi connectivity index (χ0) is 24.3. The van der Waals surface area contributed by atoms with Crippen LogP contribution in [-0.2, 0) is 14.4 Å². The number of ether oxygens (including phenoxy) is 2. The van der Waals surface area contributed by atoms with Gasteiger partial charge in [-0.3, -0.25) is 14.4 Å². The lowest BCUT2D eigenvalue weighted by atomic mass is 10.2. The Balaban J connectivity index is 1.44. The molecule has 3 rings (SSSR count). The van der Waals surface area contributed by atoms with Crippen LogP contribution in [0.25, 0.3) is 0 Å². The number of anilines is 2. The van der Waals surface area contributed by atoms with E-state index in [4.69, 9.17) is 9.47 Å². The van der Waals surface area contributed by atoms with Crippen molar-refractivity contribution in [2.24, 2.45) is 5.10 Å². The number of hydrazone groups is 1. The Morgan fingerprint density at radius 3 is 2.41 bits per heavy atom. The molecule has 0 heterocycles. The Hall–Kier alpha value is -4.66. The molecule has 9 heteroatoms. The quantitative estimate of drug-likeness (QED) is 0.271. The fourth-order valence-corrected chi connectivity index (χ4v) is 2.86. The lowest BCUT2D eigenvalue weighted by Gasteiger charge is -2.08. The average Bonchev–Trinajstić information content (AvgIpc) is 2.84. The van der Waals surface area contributed by atoms with Crippen LogP contribution in [0.2, 0.25) is 0 Å². The number of carbonyl (C=O) groups excluding carboxylic acids is 3. The molecule has 3 amide bonds. The summed E-state index contributed by atoms with van der Waals surface area (Å²) in [5, 5.41) is 9.01. The van der Waals surface area contributed by atoms with Crippen molar-refractivity contribution in [3.63, 3.8) is 0 Å². The molecule has 3 aromatic rings. The average molecular weight is 460 g/mol. The summed E-state index contributed by atoms with van der Waals surface area (Å²) in [6, 6.07) is 20.9. The maximum atomic E-state index is 12.0. The second-order valence-electron chi connectivity index (χ2n) is 7.13. The van der Waals surface area contributed by atoms with E-state index < -0.39 is 11.8 Å². The van der Waals surface area contributed by atoms with E-state index in [0.29, 0.717) is 28.4 Å². The van der Waals surface area contributed by atoms with Crippen molar-refractivity contribution in [3.8, 4) is 11.5 Å². The molecular weight excluding hydrogens is 436 g/mol. The van der Waals surface area contributed by atoms with Crippen molar-refractivity contribution < 1.29 is 23.9 Å². The van der Waals surface area contributed by atoms with Gasteiger partial charge in [0.25, 0.3) is 5.91 Å². The second-order valence-corrected chi connectivity index (χ2v) is 7.13. The number of hydrogen-bond donors (Lipinski definition) is 3. The molecule has 0 aliphatic rings. The van der Waals surface area contributed by atoms with E-state index in [9.17, 15) is 14.4 Å². The Bertz CT molecular complexity index is 1190. The molecule has 0 aromatic heterocycles. The fourth-order valence-electron chi connectivity index (χ4n) is 2.86. The highest BCUT2D eigenvalue weighted by Crippen LogP contribution is 2.22. The molecule has 34 heavy (non-hydrogen) atoms. The number of carbonyl (C=O) groups is 3. The smallest absolute Gasteiger partial charge is 0.329 e. The van der Waals surface area contributed by atoms with Gasteiger partial charge in [-0.25, -0.2) is 5.43 Å².